The van der Waals surface area contributed by atoms with E-state index >= 15 is 0 Å². The Bertz CT molecular complexity index is 203. The molecule has 0 radical (unpaired) electrons. The van der Waals surface area contributed by atoms with Crippen LogP contribution in [0.1, 0.15) is 24.6 Å². The van der Waals surface area contributed by atoms with Gasteiger partial charge in [-0.05, 0) is 24.7 Å². The Hall–Kier alpha value is 0.130. The van der Waals surface area contributed by atoms with Crippen molar-refractivity contribution in [1.29, 1.82) is 0 Å². The number of thiophene rings is 1. The van der Waals surface area contributed by atoms with Gasteiger partial charge in [-0.25, -0.2) is 0 Å². The van der Waals surface area contributed by atoms with E-state index in [0.717, 1.165) is 8.58 Å². The highest BCUT2D eigenvalue weighted by molar-refractivity contribution is 7.56. The molecule has 10 heavy (non-hydrogen) atoms. The standard InChI is InChI=1S/C8H13PS/c1-6(2)7-4-5-8(9-3)10-7/h4-6,9H,1-3H3. The highest BCUT2D eigenvalue weighted by atomic mass is 32.1. The molecule has 0 spiro atoms. The molecule has 2 heteroatoms. The second kappa shape index (κ2) is 3.50. The lowest BCUT2D eigenvalue weighted by molar-refractivity contribution is 0.890. The Labute approximate surface area is 68.4 Å². The van der Waals surface area contributed by atoms with Crippen molar-refractivity contribution in [3.05, 3.63) is 17.0 Å². The molecular weight excluding hydrogens is 159 g/mol. The van der Waals surface area contributed by atoms with Gasteiger partial charge in [-0.1, -0.05) is 22.4 Å². The summed E-state index contributed by atoms with van der Waals surface area (Å²) in [6, 6.07) is 4.50. The molecule has 0 nitrogen and oxygen atoms in total. The molecule has 1 atom stereocenters. The third kappa shape index (κ3) is 1.81. The van der Waals surface area contributed by atoms with Gasteiger partial charge >= 0.3 is 0 Å². The van der Waals surface area contributed by atoms with E-state index in [1.165, 1.54) is 9.50 Å². The Morgan fingerprint density at radius 2 is 2.10 bits per heavy atom. The van der Waals surface area contributed by atoms with Crippen LogP contribution >= 0.6 is 19.9 Å². The van der Waals surface area contributed by atoms with E-state index in [1.54, 1.807) is 0 Å². The zero-order valence-electron chi connectivity index (χ0n) is 6.64. The Balaban J connectivity index is 2.78. The molecule has 56 valence electrons. The first-order chi connectivity index (χ1) is 4.74. The first kappa shape index (κ1) is 8.23. The quantitative estimate of drug-likeness (QED) is 0.602. The molecule has 0 aliphatic rings. The summed E-state index contributed by atoms with van der Waals surface area (Å²) in [5.74, 6) is 0.704. The molecule has 1 unspecified atom stereocenters. The lowest BCUT2D eigenvalue weighted by atomic mass is 10.2. The minimum absolute atomic E-state index is 0.704. The fourth-order valence-electron chi connectivity index (χ4n) is 0.797. The second-order valence-corrected chi connectivity index (χ2v) is 5.12. The molecule has 0 saturated carbocycles. The van der Waals surface area contributed by atoms with Gasteiger partial charge in [0.1, 0.15) is 0 Å². The minimum atomic E-state index is 0.704. The molecule has 0 aliphatic heterocycles. The zero-order valence-corrected chi connectivity index (χ0v) is 8.46. The van der Waals surface area contributed by atoms with Gasteiger partial charge < -0.3 is 0 Å². The topological polar surface area (TPSA) is 0 Å². The first-order valence-corrected chi connectivity index (χ1v) is 5.83. The van der Waals surface area contributed by atoms with Gasteiger partial charge in [0.15, 0.2) is 0 Å². The monoisotopic (exact) mass is 172 g/mol. The van der Waals surface area contributed by atoms with Gasteiger partial charge in [0.25, 0.3) is 0 Å². The SMILES string of the molecule is CPc1ccc(C(C)C)s1. The van der Waals surface area contributed by atoms with Crippen molar-refractivity contribution >= 4 is 24.5 Å². The van der Waals surface area contributed by atoms with E-state index < -0.39 is 0 Å². The maximum atomic E-state index is 2.25. The van der Waals surface area contributed by atoms with Crippen molar-refractivity contribution in [3.63, 3.8) is 0 Å². The van der Waals surface area contributed by atoms with Gasteiger partial charge in [-0.15, -0.1) is 11.3 Å². The van der Waals surface area contributed by atoms with Gasteiger partial charge in [0.2, 0.25) is 0 Å². The summed E-state index contributed by atoms with van der Waals surface area (Å²) in [5.41, 5.74) is 0. The van der Waals surface area contributed by atoms with Crippen LogP contribution in [0.4, 0.5) is 0 Å². The highest BCUT2D eigenvalue weighted by Crippen LogP contribution is 2.22. The fourth-order valence-corrected chi connectivity index (χ4v) is 2.57. The van der Waals surface area contributed by atoms with Crippen LogP contribution in [0.15, 0.2) is 12.1 Å². The number of hydrogen-bond donors (Lipinski definition) is 0. The summed E-state index contributed by atoms with van der Waals surface area (Å²) in [6.45, 7) is 6.72. The van der Waals surface area contributed by atoms with E-state index in [9.17, 15) is 0 Å². The molecule has 1 aromatic heterocycles. The molecule has 0 N–H and O–H groups in total. The predicted molar refractivity (Wildman–Crippen MR) is 52.3 cm³/mol. The molecule has 1 aromatic rings. The summed E-state index contributed by atoms with van der Waals surface area (Å²) in [6.07, 6.45) is 0. The van der Waals surface area contributed by atoms with Crippen molar-refractivity contribution in [1.82, 2.24) is 0 Å². The number of rotatable bonds is 2. The normalized spacial score (nSPS) is 12.0. The van der Waals surface area contributed by atoms with E-state index in [0.29, 0.717) is 5.92 Å². The average molecular weight is 172 g/mol. The molecular formula is C8H13PS. The van der Waals surface area contributed by atoms with Crippen LogP contribution in [0, 0.1) is 0 Å². The molecule has 0 aromatic carbocycles. The molecule has 1 heterocycles. The van der Waals surface area contributed by atoms with Gasteiger partial charge in [-0.3, -0.25) is 0 Å². The molecule has 0 bridgehead atoms. The molecule has 0 saturated heterocycles. The summed E-state index contributed by atoms with van der Waals surface area (Å²) in [7, 11) is 0.962. The molecule has 0 fully saturated rings. The Morgan fingerprint density at radius 3 is 2.40 bits per heavy atom. The van der Waals surface area contributed by atoms with Crippen LogP contribution in [-0.2, 0) is 0 Å². The minimum Gasteiger partial charge on any atom is -0.141 e. The van der Waals surface area contributed by atoms with Crippen molar-refractivity contribution < 1.29 is 0 Å². The lowest BCUT2D eigenvalue weighted by Gasteiger charge is -1.96. The van der Waals surface area contributed by atoms with E-state index in [1.807, 2.05) is 11.3 Å². The Kier molecular flexibility index (Phi) is 2.88. The van der Waals surface area contributed by atoms with Crippen LogP contribution in [0.3, 0.4) is 0 Å². The van der Waals surface area contributed by atoms with Crippen molar-refractivity contribution in [3.8, 4) is 0 Å². The molecule has 0 amide bonds. The van der Waals surface area contributed by atoms with Crippen LogP contribution in [0.25, 0.3) is 0 Å². The van der Waals surface area contributed by atoms with Crippen molar-refractivity contribution in [2.75, 3.05) is 6.66 Å². The summed E-state index contributed by atoms with van der Waals surface area (Å²) >= 11 is 1.95. The third-order valence-corrected chi connectivity index (χ3v) is 4.22. The molecule has 1 rings (SSSR count). The fraction of sp³-hybridized carbons (Fsp3) is 0.500. The van der Waals surface area contributed by atoms with Crippen LogP contribution < -0.4 is 4.62 Å². The van der Waals surface area contributed by atoms with Crippen molar-refractivity contribution in [2.45, 2.75) is 19.8 Å². The predicted octanol–water partition coefficient (Wildman–Crippen LogP) is 2.81. The Morgan fingerprint density at radius 1 is 1.40 bits per heavy atom. The van der Waals surface area contributed by atoms with Crippen molar-refractivity contribution in [2.24, 2.45) is 0 Å². The van der Waals surface area contributed by atoms with Crippen LogP contribution in [0.5, 0.6) is 0 Å². The molecule has 0 aliphatic carbocycles. The highest BCUT2D eigenvalue weighted by Gasteiger charge is 2.01. The van der Waals surface area contributed by atoms with E-state index in [-0.39, 0.29) is 0 Å². The third-order valence-electron chi connectivity index (χ3n) is 1.44. The van der Waals surface area contributed by atoms with E-state index in [4.69, 9.17) is 0 Å². The van der Waals surface area contributed by atoms with Gasteiger partial charge in [-0.2, -0.15) is 0 Å². The van der Waals surface area contributed by atoms with Crippen LogP contribution in [-0.4, -0.2) is 6.66 Å². The van der Waals surface area contributed by atoms with E-state index in [2.05, 4.69) is 32.6 Å². The second-order valence-electron chi connectivity index (χ2n) is 2.61. The first-order valence-electron chi connectivity index (χ1n) is 3.51. The van der Waals surface area contributed by atoms with Gasteiger partial charge in [0, 0.05) is 9.50 Å². The largest absolute Gasteiger partial charge is 0.141 e. The smallest absolute Gasteiger partial charge is 0.0247 e. The zero-order chi connectivity index (χ0) is 7.56. The summed E-state index contributed by atoms with van der Waals surface area (Å²) < 4.78 is 1.53. The maximum absolute atomic E-state index is 2.25. The lowest BCUT2D eigenvalue weighted by Crippen LogP contribution is -1.80. The average Bonchev–Trinajstić information content (AvgIpc) is 2.34. The summed E-state index contributed by atoms with van der Waals surface area (Å²) in [5, 5.41) is 0. The number of hydrogen-bond acceptors (Lipinski definition) is 1. The van der Waals surface area contributed by atoms with Crippen LogP contribution in [0.2, 0.25) is 0 Å². The summed E-state index contributed by atoms with van der Waals surface area (Å²) in [4.78, 5) is 1.52. The maximum Gasteiger partial charge on any atom is 0.0247 e. The van der Waals surface area contributed by atoms with Gasteiger partial charge in [0.05, 0.1) is 0 Å².